The Morgan fingerprint density at radius 3 is 2.78 bits per heavy atom. The van der Waals surface area contributed by atoms with Gasteiger partial charge in [0.05, 0.1) is 12.1 Å². The molecule has 0 unspecified atom stereocenters. The van der Waals surface area contributed by atoms with Crippen molar-refractivity contribution < 1.29 is 23.5 Å². The van der Waals surface area contributed by atoms with Gasteiger partial charge in [0, 0.05) is 22.2 Å². The monoisotopic (exact) mass is 407 g/mol. The number of thiophene rings is 1. The van der Waals surface area contributed by atoms with Gasteiger partial charge in [-0.2, -0.15) is 0 Å². The number of nitrogens with one attached hydrogen (secondary N) is 1. The lowest BCUT2D eigenvalue weighted by Gasteiger charge is -2.09. The molecule has 1 aromatic heterocycles. The summed E-state index contributed by atoms with van der Waals surface area (Å²) in [7, 11) is 1.54. The molecule has 0 aliphatic heterocycles. The van der Waals surface area contributed by atoms with E-state index in [1.807, 2.05) is 18.2 Å². The first-order chi connectivity index (χ1) is 13.0. The number of fused-ring (bicyclic) bond motifs is 1. The molecule has 1 N–H and O–H groups in total. The molecule has 0 fully saturated rings. The fraction of sp³-hybridized carbons (Fsp3) is 0.158. The second-order valence-corrected chi connectivity index (χ2v) is 6.98. The van der Waals surface area contributed by atoms with Crippen LogP contribution in [0.2, 0.25) is 5.02 Å². The Hall–Kier alpha value is -2.64. The number of rotatable bonds is 6. The number of hydrogen-bond acceptors (Lipinski definition) is 5. The Balaban J connectivity index is 1.59. The summed E-state index contributed by atoms with van der Waals surface area (Å²) < 4.78 is 24.1. The molecule has 140 valence electrons. The Bertz CT molecular complexity index is 1000. The Morgan fingerprint density at radius 2 is 2.00 bits per heavy atom. The molecule has 0 saturated heterocycles. The minimum Gasteiger partial charge on any atom is -0.496 e. The molecule has 3 rings (SSSR count). The summed E-state index contributed by atoms with van der Waals surface area (Å²) >= 11 is 7.19. The zero-order chi connectivity index (χ0) is 19.4. The van der Waals surface area contributed by atoms with Crippen LogP contribution >= 0.6 is 22.9 Å². The molecular formula is C19H15ClFNO4S. The largest absolute Gasteiger partial charge is 0.496 e. The van der Waals surface area contributed by atoms with Crippen LogP contribution in [0.3, 0.4) is 0 Å². The number of esters is 1. The first-order valence-corrected chi connectivity index (χ1v) is 9.12. The lowest BCUT2D eigenvalue weighted by molar-refractivity contribution is -0.124. The molecule has 1 amide bonds. The van der Waals surface area contributed by atoms with E-state index in [4.69, 9.17) is 21.1 Å². The fourth-order valence-corrected chi connectivity index (χ4v) is 3.89. The number of amides is 1. The molecule has 2 aromatic carbocycles. The first-order valence-electron chi connectivity index (χ1n) is 7.93. The Labute approximate surface area is 163 Å². The van der Waals surface area contributed by atoms with E-state index in [-0.39, 0.29) is 16.4 Å². The van der Waals surface area contributed by atoms with Gasteiger partial charge in [0.2, 0.25) is 0 Å². The van der Waals surface area contributed by atoms with Crippen LogP contribution in [-0.2, 0) is 16.1 Å². The lowest BCUT2D eigenvalue weighted by atomic mass is 10.2. The molecule has 0 spiro atoms. The van der Waals surface area contributed by atoms with E-state index < -0.39 is 24.3 Å². The number of carbonyl (C=O) groups excluding carboxylic acids is 2. The number of ether oxygens (including phenoxy) is 2. The second kappa shape index (κ2) is 8.37. The molecule has 27 heavy (non-hydrogen) atoms. The number of para-hydroxylation sites is 1. The topological polar surface area (TPSA) is 64.6 Å². The summed E-state index contributed by atoms with van der Waals surface area (Å²) in [5.41, 5.74) is 0.800. The number of carbonyl (C=O) groups is 2. The van der Waals surface area contributed by atoms with Gasteiger partial charge in [-0.3, -0.25) is 4.79 Å². The van der Waals surface area contributed by atoms with Crippen LogP contribution in [0, 0.1) is 5.82 Å². The highest BCUT2D eigenvalue weighted by Crippen LogP contribution is 2.36. The summed E-state index contributed by atoms with van der Waals surface area (Å²) in [4.78, 5) is 24.3. The maximum absolute atomic E-state index is 13.3. The van der Waals surface area contributed by atoms with Crippen LogP contribution in [0.4, 0.5) is 4.39 Å². The number of benzene rings is 2. The van der Waals surface area contributed by atoms with Crippen molar-refractivity contribution in [2.45, 2.75) is 6.54 Å². The van der Waals surface area contributed by atoms with Gasteiger partial charge in [0.25, 0.3) is 5.91 Å². The van der Waals surface area contributed by atoms with Gasteiger partial charge < -0.3 is 14.8 Å². The van der Waals surface area contributed by atoms with Crippen molar-refractivity contribution in [3.63, 3.8) is 0 Å². The normalized spacial score (nSPS) is 10.6. The van der Waals surface area contributed by atoms with Crippen molar-refractivity contribution in [3.05, 3.63) is 63.7 Å². The zero-order valence-electron chi connectivity index (χ0n) is 14.3. The molecular weight excluding hydrogens is 393 g/mol. The van der Waals surface area contributed by atoms with Crippen molar-refractivity contribution in [2.75, 3.05) is 13.7 Å². The van der Waals surface area contributed by atoms with E-state index in [9.17, 15) is 14.0 Å². The van der Waals surface area contributed by atoms with Gasteiger partial charge in [-0.1, -0.05) is 29.8 Å². The van der Waals surface area contributed by atoms with Gasteiger partial charge >= 0.3 is 5.97 Å². The van der Waals surface area contributed by atoms with E-state index >= 15 is 0 Å². The average Bonchev–Trinajstić information content (AvgIpc) is 3.00. The summed E-state index contributed by atoms with van der Waals surface area (Å²) in [6.07, 6.45) is 0. The SMILES string of the molecule is COc1ccccc1CNC(=O)COC(=O)c1sc2cc(F)ccc2c1Cl. The molecule has 0 aliphatic carbocycles. The predicted molar refractivity (Wildman–Crippen MR) is 102 cm³/mol. The van der Waals surface area contributed by atoms with Crippen LogP contribution in [0.25, 0.3) is 10.1 Å². The van der Waals surface area contributed by atoms with Crippen molar-refractivity contribution in [1.29, 1.82) is 0 Å². The van der Waals surface area contributed by atoms with E-state index in [0.717, 1.165) is 16.9 Å². The van der Waals surface area contributed by atoms with E-state index in [1.54, 1.807) is 13.2 Å². The fourth-order valence-electron chi connectivity index (χ4n) is 2.46. The minimum atomic E-state index is -0.728. The van der Waals surface area contributed by atoms with Crippen molar-refractivity contribution in [3.8, 4) is 5.75 Å². The summed E-state index contributed by atoms with van der Waals surface area (Å²) in [5, 5.41) is 3.41. The van der Waals surface area contributed by atoms with Crippen molar-refractivity contribution >= 4 is 44.9 Å². The minimum absolute atomic E-state index is 0.134. The van der Waals surface area contributed by atoms with E-state index in [2.05, 4.69) is 5.32 Å². The third kappa shape index (κ3) is 4.37. The average molecular weight is 408 g/mol. The molecule has 0 atom stereocenters. The standard InChI is InChI=1S/C19H15ClFNO4S/c1-25-14-5-3-2-4-11(14)9-22-16(23)10-26-19(24)18-17(20)13-7-6-12(21)8-15(13)27-18/h2-8H,9-10H2,1H3,(H,22,23). The molecule has 0 radical (unpaired) electrons. The highest BCUT2D eigenvalue weighted by atomic mass is 35.5. The summed E-state index contributed by atoms with van der Waals surface area (Å²) in [6, 6.07) is 11.3. The molecule has 1 heterocycles. The summed E-state index contributed by atoms with van der Waals surface area (Å²) in [5.74, 6) is -0.957. The van der Waals surface area contributed by atoms with Crippen LogP contribution in [0.15, 0.2) is 42.5 Å². The lowest BCUT2D eigenvalue weighted by Crippen LogP contribution is -2.28. The molecule has 0 saturated carbocycles. The maximum Gasteiger partial charge on any atom is 0.350 e. The number of halogens is 2. The van der Waals surface area contributed by atoms with Crippen molar-refractivity contribution in [1.82, 2.24) is 5.32 Å². The van der Waals surface area contributed by atoms with Gasteiger partial charge in [-0.05, 0) is 24.3 Å². The number of hydrogen-bond donors (Lipinski definition) is 1. The van der Waals surface area contributed by atoms with Gasteiger partial charge in [0.1, 0.15) is 16.4 Å². The zero-order valence-corrected chi connectivity index (χ0v) is 15.8. The number of methoxy groups -OCH3 is 1. The predicted octanol–water partition coefficient (Wildman–Crippen LogP) is 4.18. The van der Waals surface area contributed by atoms with Crippen molar-refractivity contribution in [2.24, 2.45) is 0 Å². The molecule has 0 aliphatic rings. The highest BCUT2D eigenvalue weighted by molar-refractivity contribution is 7.21. The van der Waals surface area contributed by atoms with Crippen LogP contribution in [0.5, 0.6) is 5.75 Å². The molecule has 5 nitrogen and oxygen atoms in total. The van der Waals surface area contributed by atoms with Crippen LogP contribution in [0.1, 0.15) is 15.2 Å². The quantitative estimate of drug-likeness (QED) is 0.623. The molecule has 3 aromatic rings. The summed E-state index contributed by atoms with van der Waals surface area (Å²) in [6.45, 7) is -0.212. The Kier molecular flexibility index (Phi) is 5.93. The molecule has 0 bridgehead atoms. The highest BCUT2D eigenvalue weighted by Gasteiger charge is 2.19. The van der Waals surface area contributed by atoms with Crippen LogP contribution < -0.4 is 10.1 Å². The van der Waals surface area contributed by atoms with E-state index in [1.165, 1.54) is 18.2 Å². The maximum atomic E-state index is 13.3. The molecule has 8 heteroatoms. The Morgan fingerprint density at radius 1 is 1.22 bits per heavy atom. The van der Waals surface area contributed by atoms with Crippen LogP contribution in [-0.4, -0.2) is 25.6 Å². The smallest absolute Gasteiger partial charge is 0.350 e. The van der Waals surface area contributed by atoms with Gasteiger partial charge in [-0.15, -0.1) is 11.3 Å². The van der Waals surface area contributed by atoms with Gasteiger partial charge in [0.15, 0.2) is 6.61 Å². The second-order valence-electron chi connectivity index (χ2n) is 5.55. The van der Waals surface area contributed by atoms with E-state index in [0.29, 0.717) is 15.8 Å². The first kappa shape index (κ1) is 19.1. The third-order valence-corrected chi connectivity index (χ3v) is 5.42. The van der Waals surface area contributed by atoms with Gasteiger partial charge in [-0.25, -0.2) is 9.18 Å². The third-order valence-electron chi connectivity index (χ3n) is 3.78.